The molecule has 0 saturated heterocycles. The summed E-state index contributed by atoms with van der Waals surface area (Å²) in [5, 5.41) is 8.28. The smallest absolute Gasteiger partial charge is 0.281 e. The van der Waals surface area contributed by atoms with E-state index in [2.05, 4.69) is 20.8 Å². The number of ether oxygens (including phenoxy) is 1. The molecule has 4 heteroatoms. The van der Waals surface area contributed by atoms with Crippen LogP contribution < -0.4 is 10.2 Å². The summed E-state index contributed by atoms with van der Waals surface area (Å²) in [4.78, 5) is 10.7. The van der Waals surface area contributed by atoms with E-state index >= 15 is 0 Å². The van der Waals surface area contributed by atoms with Crippen molar-refractivity contribution in [3.63, 3.8) is 0 Å². The van der Waals surface area contributed by atoms with E-state index < -0.39 is 5.91 Å². The molecule has 0 bridgehead atoms. The molecule has 0 aliphatic heterocycles. The monoisotopic (exact) mass is 223 g/mol. The highest BCUT2D eigenvalue weighted by molar-refractivity contribution is 5.76. The molecule has 1 aromatic carbocycles. The Morgan fingerprint density at radius 1 is 1.31 bits per heavy atom. The van der Waals surface area contributed by atoms with Gasteiger partial charge in [-0.3, -0.25) is 10.0 Å². The molecule has 0 aromatic heterocycles. The van der Waals surface area contributed by atoms with Crippen LogP contribution in [0.4, 0.5) is 0 Å². The summed E-state index contributed by atoms with van der Waals surface area (Å²) >= 11 is 0. The zero-order valence-corrected chi connectivity index (χ0v) is 9.78. The highest BCUT2D eigenvalue weighted by atomic mass is 16.5. The Morgan fingerprint density at radius 3 is 2.31 bits per heavy atom. The molecular formula is C12H17NO3. The molecule has 0 fully saturated rings. The topological polar surface area (TPSA) is 58.6 Å². The third kappa shape index (κ3) is 3.55. The van der Waals surface area contributed by atoms with Crippen LogP contribution in [0.5, 0.6) is 5.75 Å². The summed E-state index contributed by atoms with van der Waals surface area (Å²) in [5.74, 6) is 0.0384. The van der Waals surface area contributed by atoms with Crippen molar-refractivity contribution in [2.45, 2.75) is 26.2 Å². The largest absolute Gasteiger partial charge is 0.484 e. The highest BCUT2D eigenvalue weighted by Gasteiger charge is 2.13. The third-order valence-corrected chi connectivity index (χ3v) is 2.21. The van der Waals surface area contributed by atoms with Gasteiger partial charge in [-0.05, 0) is 23.1 Å². The van der Waals surface area contributed by atoms with E-state index in [0.717, 1.165) is 0 Å². The van der Waals surface area contributed by atoms with Crippen molar-refractivity contribution in [2.24, 2.45) is 0 Å². The Kier molecular flexibility index (Phi) is 3.90. The zero-order valence-electron chi connectivity index (χ0n) is 9.78. The maximum Gasteiger partial charge on any atom is 0.281 e. The summed E-state index contributed by atoms with van der Waals surface area (Å²) in [6, 6.07) is 7.55. The molecule has 0 aliphatic carbocycles. The van der Waals surface area contributed by atoms with Crippen LogP contribution in [0.1, 0.15) is 26.3 Å². The number of hydrogen-bond acceptors (Lipinski definition) is 3. The van der Waals surface area contributed by atoms with E-state index in [1.165, 1.54) is 11.0 Å². The Bertz CT molecular complexity index is 352. The van der Waals surface area contributed by atoms with Crippen molar-refractivity contribution < 1.29 is 14.7 Å². The highest BCUT2D eigenvalue weighted by Crippen LogP contribution is 2.24. The SMILES string of the molecule is CC(C)(C)c1ccc(OCC(=O)NO)cc1. The molecule has 0 heterocycles. The minimum atomic E-state index is -0.570. The lowest BCUT2D eigenvalue weighted by Gasteiger charge is -2.19. The molecule has 0 aliphatic rings. The first kappa shape index (κ1) is 12.5. The molecule has 1 rings (SSSR count). The van der Waals surface area contributed by atoms with Crippen molar-refractivity contribution in [2.75, 3.05) is 6.61 Å². The quantitative estimate of drug-likeness (QED) is 0.607. The molecule has 0 spiro atoms. The van der Waals surface area contributed by atoms with E-state index in [-0.39, 0.29) is 12.0 Å². The predicted molar refractivity (Wildman–Crippen MR) is 60.6 cm³/mol. The normalized spacial score (nSPS) is 11.0. The third-order valence-electron chi connectivity index (χ3n) is 2.21. The Balaban J connectivity index is 2.62. The molecule has 0 saturated carbocycles. The van der Waals surface area contributed by atoms with E-state index in [0.29, 0.717) is 5.75 Å². The van der Waals surface area contributed by atoms with Gasteiger partial charge in [0.25, 0.3) is 5.91 Å². The van der Waals surface area contributed by atoms with Crippen LogP contribution in [-0.2, 0) is 10.2 Å². The zero-order chi connectivity index (χ0) is 12.2. The second kappa shape index (κ2) is 4.99. The van der Waals surface area contributed by atoms with Gasteiger partial charge in [-0.1, -0.05) is 32.9 Å². The fourth-order valence-electron chi connectivity index (χ4n) is 1.23. The van der Waals surface area contributed by atoms with Gasteiger partial charge in [0.05, 0.1) is 0 Å². The number of benzene rings is 1. The van der Waals surface area contributed by atoms with Gasteiger partial charge in [0.2, 0.25) is 0 Å². The number of carbonyl (C=O) groups is 1. The van der Waals surface area contributed by atoms with Crippen LogP contribution >= 0.6 is 0 Å². The van der Waals surface area contributed by atoms with Gasteiger partial charge >= 0.3 is 0 Å². The summed E-state index contributed by atoms with van der Waals surface area (Å²) in [7, 11) is 0. The Hall–Kier alpha value is -1.55. The molecule has 1 aromatic rings. The van der Waals surface area contributed by atoms with Crippen molar-refractivity contribution in [1.29, 1.82) is 0 Å². The first-order valence-electron chi connectivity index (χ1n) is 5.10. The lowest BCUT2D eigenvalue weighted by atomic mass is 9.87. The van der Waals surface area contributed by atoms with Crippen molar-refractivity contribution in [1.82, 2.24) is 5.48 Å². The van der Waals surface area contributed by atoms with E-state index in [4.69, 9.17) is 9.94 Å². The number of nitrogens with one attached hydrogen (secondary N) is 1. The predicted octanol–water partition coefficient (Wildman–Crippen LogP) is 1.87. The van der Waals surface area contributed by atoms with E-state index in [9.17, 15) is 4.79 Å². The van der Waals surface area contributed by atoms with Crippen molar-refractivity contribution in [3.05, 3.63) is 29.8 Å². The van der Waals surface area contributed by atoms with Gasteiger partial charge in [-0.15, -0.1) is 0 Å². The summed E-state index contributed by atoms with van der Waals surface area (Å²) in [6.45, 7) is 6.19. The molecule has 1 amide bonds. The minimum Gasteiger partial charge on any atom is -0.484 e. The first-order valence-corrected chi connectivity index (χ1v) is 5.10. The Morgan fingerprint density at radius 2 is 1.88 bits per heavy atom. The van der Waals surface area contributed by atoms with E-state index in [1.54, 1.807) is 0 Å². The second-order valence-corrected chi connectivity index (χ2v) is 4.60. The number of hydroxylamine groups is 1. The standard InChI is InChI=1S/C12H17NO3/c1-12(2,3)9-4-6-10(7-5-9)16-8-11(14)13-15/h4-7,15H,8H2,1-3H3,(H,13,14). The van der Waals surface area contributed by atoms with Gasteiger partial charge in [0.15, 0.2) is 6.61 Å². The molecule has 88 valence electrons. The number of rotatable bonds is 3. The average Bonchev–Trinajstić information content (AvgIpc) is 2.25. The van der Waals surface area contributed by atoms with Crippen LogP contribution in [0.15, 0.2) is 24.3 Å². The van der Waals surface area contributed by atoms with Crippen LogP contribution in [0.2, 0.25) is 0 Å². The van der Waals surface area contributed by atoms with Gasteiger partial charge < -0.3 is 4.74 Å². The molecule has 0 atom stereocenters. The summed E-state index contributed by atoms with van der Waals surface area (Å²) in [6.07, 6.45) is 0. The molecule has 0 unspecified atom stereocenters. The molecular weight excluding hydrogens is 206 g/mol. The van der Waals surface area contributed by atoms with Crippen LogP contribution in [-0.4, -0.2) is 17.7 Å². The lowest BCUT2D eigenvalue weighted by Crippen LogP contribution is -2.25. The second-order valence-electron chi connectivity index (χ2n) is 4.60. The van der Waals surface area contributed by atoms with Crippen molar-refractivity contribution in [3.8, 4) is 5.75 Å². The average molecular weight is 223 g/mol. The van der Waals surface area contributed by atoms with Gasteiger partial charge in [-0.25, -0.2) is 5.48 Å². The number of carbonyl (C=O) groups excluding carboxylic acids is 1. The van der Waals surface area contributed by atoms with E-state index in [1.807, 2.05) is 24.3 Å². The van der Waals surface area contributed by atoms with Crippen LogP contribution in [0.3, 0.4) is 0 Å². The maximum absolute atomic E-state index is 10.7. The number of hydrogen-bond donors (Lipinski definition) is 2. The maximum atomic E-state index is 10.7. The van der Waals surface area contributed by atoms with Crippen LogP contribution in [0.25, 0.3) is 0 Å². The minimum absolute atomic E-state index is 0.0982. The molecule has 2 N–H and O–H groups in total. The van der Waals surface area contributed by atoms with Crippen molar-refractivity contribution >= 4 is 5.91 Å². The van der Waals surface area contributed by atoms with Gasteiger partial charge in [0.1, 0.15) is 5.75 Å². The van der Waals surface area contributed by atoms with Gasteiger partial charge in [-0.2, -0.15) is 0 Å². The molecule has 0 radical (unpaired) electrons. The Labute approximate surface area is 95.2 Å². The summed E-state index contributed by atoms with van der Waals surface area (Å²) < 4.78 is 5.15. The lowest BCUT2D eigenvalue weighted by molar-refractivity contribution is -0.131. The fraction of sp³-hybridized carbons (Fsp3) is 0.417. The number of amides is 1. The van der Waals surface area contributed by atoms with Gasteiger partial charge in [0, 0.05) is 0 Å². The fourth-order valence-corrected chi connectivity index (χ4v) is 1.23. The molecule has 4 nitrogen and oxygen atoms in total. The first-order chi connectivity index (χ1) is 7.43. The summed E-state index contributed by atoms with van der Waals surface area (Å²) in [5.41, 5.74) is 2.81. The molecule has 16 heavy (non-hydrogen) atoms. The van der Waals surface area contributed by atoms with Crippen LogP contribution in [0, 0.1) is 0 Å².